The lowest BCUT2D eigenvalue weighted by Gasteiger charge is -2.29. The molecule has 2 amide bonds. The van der Waals surface area contributed by atoms with Crippen LogP contribution in [0.1, 0.15) is 25.7 Å². The Hall–Kier alpha value is -2.91. The van der Waals surface area contributed by atoms with Gasteiger partial charge in [-0.2, -0.15) is 4.31 Å². The largest absolute Gasteiger partial charge is 0.376 e. The third-order valence-electron chi connectivity index (χ3n) is 5.57. The maximum Gasteiger partial charge on any atom is 0.246 e. The lowest BCUT2D eigenvalue weighted by atomic mass is 10.2. The number of nitrogens with one attached hydrogen (secondary N) is 2. The second kappa shape index (κ2) is 9.07. The predicted molar refractivity (Wildman–Crippen MR) is 120 cm³/mol. The van der Waals surface area contributed by atoms with E-state index < -0.39 is 10.0 Å². The minimum Gasteiger partial charge on any atom is -0.376 e. The number of amides is 2. The third-order valence-corrected chi connectivity index (χ3v) is 7.49. The van der Waals surface area contributed by atoms with E-state index in [-0.39, 0.29) is 29.8 Å². The number of fused-ring (bicyclic) bond motifs is 1. The van der Waals surface area contributed by atoms with E-state index >= 15 is 0 Å². The molecule has 0 aromatic heterocycles. The fourth-order valence-electron chi connectivity index (χ4n) is 3.90. The second-order valence-corrected chi connectivity index (χ2v) is 9.68. The van der Waals surface area contributed by atoms with Gasteiger partial charge in [0.25, 0.3) is 0 Å². The molecule has 1 saturated heterocycles. The molecule has 9 heteroatoms. The van der Waals surface area contributed by atoms with Crippen LogP contribution in [0.5, 0.6) is 0 Å². The molecule has 4 rings (SSSR count). The van der Waals surface area contributed by atoms with E-state index in [0.717, 1.165) is 25.7 Å². The van der Waals surface area contributed by atoms with Crippen LogP contribution in [0.4, 0.5) is 17.1 Å². The number of carbonyl (C=O) groups is 2. The van der Waals surface area contributed by atoms with Crippen LogP contribution in [0.2, 0.25) is 0 Å². The summed E-state index contributed by atoms with van der Waals surface area (Å²) in [5.41, 5.74) is 1.90. The van der Waals surface area contributed by atoms with E-state index in [1.54, 1.807) is 46.8 Å². The molecule has 0 radical (unpaired) electrons. The monoisotopic (exact) mass is 442 g/mol. The van der Waals surface area contributed by atoms with Crippen molar-refractivity contribution in [2.45, 2.75) is 30.6 Å². The highest BCUT2D eigenvalue weighted by Gasteiger charge is 2.27. The van der Waals surface area contributed by atoms with Crippen LogP contribution >= 0.6 is 0 Å². The van der Waals surface area contributed by atoms with Gasteiger partial charge in [0.15, 0.2) is 0 Å². The Morgan fingerprint density at radius 2 is 1.65 bits per heavy atom. The Balaban J connectivity index is 1.41. The van der Waals surface area contributed by atoms with Gasteiger partial charge in [-0.15, -0.1) is 0 Å². The molecule has 2 N–H and O–H groups in total. The summed E-state index contributed by atoms with van der Waals surface area (Å²) in [6.45, 7) is 1.06. The van der Waals surface area contributed by atoms with E-state index in [1.807, 2.05) is 6.07 Å². The number of nitrogens with zero attached hydrogens (tertiary/aromatic N) is 2. The second-order valence-electron chi connectivity index (χ2n) is 7.74. The average Bonchev–Trinajstić information content (AvgIpc) is 3.07. The van der Waals surface area contributed by atoms with Gasteiger partial charge >= 0.3 is 0 Å². The molecule has 0 spiro atoms. The molecule has 2 aliphatic heterocycles. The third kappa shape index (κ3) is 4.72. The fraction of sp³-hybridized carbons (Fsp3) is 0.364. The van der Waals surface area contributed by atoms with Crippen molar-refractivity contribution < 1.29 is 18.0 Å². The van der Waals surface area contributed by atoms with Crippen molar-refractivity contribution in [2.24, 2.45) is 0 Å². The molecule has 31 heavy (non-hydrogen) atoms. The lowest BCUT2D eigenvalue weighted by Crippen LogP contribution is -2.44. The smallest absolute Gasteiger partial charge is 0.246 e. The molecule has 8 nitrogen and oxygen atoms in total. The first-order valence-corrected chi connectivity index (χ1v) is 11.9. The molecule has 0 unspecified atom stereocenters. The summed E-state index contributed by atoms with van der Waals surface area (Å²) in [6, 6.07) is 13.6. The zero-order valence-electron chi connectivity index (χ0n) is 17.2. The summed E-state index contributed by atoms with van der Waals surface area (Å²) in [7, 11) is -3.50. The van der Waals surface area contributed by atoms with E-state index in [2.05, 4.69) is 10.6 Å². The zero-order valence-corrected chi connectivity index (χ0v) is 18.0. The number of hydrogen-bond acceptors (Lipinski definition) is 5. The number of benzene rings is 2. The minimum absolute atomic E-state index is 0.0141. The Bertz CT molecular complexity index is 1060. The first kappa shape index (κ1) is 21.3. The molecule has 0 saturated carbocycles. The van der Waals surface area contributed by atoms with Crippen molar-refractivity contribution in [1.29, 1.82) is 0 Å². The summed E-state index contributed by atoms with van der Waals surface area (Å²) >= 11 is 0. The first-order valence-electron chi connectivity index (χ1n) is 10.5. The Labute approximate surface area is 182 Å². The summed E-state index contributed by atoms with van der Waals surface area (Å²) in [4.78, 5) is 26.3. The van der Waals surface area contributed by atoms with Crippen LogP contribution in [0.3, 0.4) is 0 Å². The van der Waals surface area contributed by atoms with Gasteiger partial charge in [0, 0.05) is 18.8 Å². The molecule has 0 aliphatic carbocycles. The summed E-state index contributed by atoms with van der Waals surface area (Å²) < 4.78 is 27.3. The maximum absolute atomic E-state index is 12.9. The number of sulfonamides is 1. The Morgan fingerprint density at radius 3 is 2.35 bits per heavy atom. The van der Waals surface area contributed by atoms with Crippen molar-refractivity contribution in [3.05, 3.63) is 48.5 Å². The van der Waals surface area contributed by atoms with Crippen LogP contribution in [0.15, 0.2) is 53.4 Å². The van der Waals surface area contributed by atoms with Crippen molar-refractivity contribution in [2.75, 3.05) is 41.7 Å². The van der Waals surface area contributed by atoms with Crippen LogP contribution in [-0.2, 0) is 19.6 Å². The summed E-state index contributed by atoms with van der Waals surface area (Å²) in [5, 5.41) is 5.78. The van der Waals surface area contributed by atoms with Gasteiger partial charge in [0.05, 0.1) is 22.8 Å². The Kier molecular flexibility index (Phi) is 6.24. The predicted octanol–water partition coefficient (Wildman–Crippen LogP) is 2.65. The van der Waals surface area contributed by atoms with Crippen LogP contribution < -0.4 is 15.5 Å². The normalized spacial score (nSPS) is 17.4. The van der Waals surface area contributed by atoms with Crippen molar-refractivity contribution in [1.82, 2.24) is 4.31 Å². The lowest BCUT2D eigenvalue weighted by molar-refractivity contribution is -0.120. The molecule has 2 aromatic carbocycles. The van der Waals surface area contributed by atoms with Crippen LogP contribution in [0.25, 0.3) is 0 Å². The van der Waals surface area contributed by atoms with E-state index in [9.17, 15) is 18.0 Å². The van der Waals surface area contributed by atoms with E-state index in [0.29, 0.717) is 30.2 Å². The standard InChI is InChI=1S/C22H26N4O4S/c27-21-16-26(20-8-4-3-7-19(20)24-21)22(28)15-23-17-9-11-18(12-10-17)31(29,30)25-13-5-1-2-6-14-25/h3-4,7-12,23H,1-2,5-6,13-16H2,(H,24,27). The molecule has 2 aromatic rings. The summed E-state index contributed by atoms with van der Waals surface area (Å²) in [5.74, 6) is -0.487. The highest BCUT2D eigenvalue weighted by Crippen LogP contribution is 2.29. The topological polar surface area (TPSA) is 98.8 Å². The van der Waals surface area contributed by atoms with Crippen LogP contribution in [-0.4, -0.2) is 50.7 Å². The van der Waals surface area contributed by atoms with Gasteiger partial charge in [-0.05, 0) is 49.2 Å². The van der Waals surface area contributed by atoms with Gasteiger partial charge in [0.1, 0.15) is 6.54 Å². The Morgan fingerprint density at radius 1 is 0.968 bits per heavy atom. The molecular weight excluding hydrogens is 416 g/mol. The average molecular weight is 443 g/mol. The van der Waals surface area contributed by atoms with Crippen molar-refractivity contribution in [3.63, 3.8) is 0 Å². The van der Waals surface area contributed by atoms with Gasteiger partial charge in [0.2, 0.25) is 21.8 Å². The number of rotatable bonds is 5. The molecule has 1 fully saturated rings. The van der Waals surface area contributed by atoms with E-state index in [4.69, 9.17) is 0 Å². The molecule has 0 atom stereocenters. The molecular formula is C22H26N4O4S. The SMILES string of the molecule is O=C1CN(C(=O)CNc2ccc(S(=O)(=O)N3CCCCCC3)cc2)c2ccccc2N1. The maximum atomic E-state index is 12.9. The van der Waals surface area contributed by atoms with Crippen molar-refractivity contribution in [3.8, 4) is 0 Å². The highest BCUT2D eigenvalue weighted by molar-refractivity contribution is 7.89. The number of hydrogen-bond donors (Lipinski definition) is 2. The number of carbonyl (C=O) groups excluding carboxylic acids is 2. The van der Waals surface area contributed by atoms with Gasteiger partial charge < -0.3 is 10.6 Å². The molecule has 164 valence electrons. The van der Waals surface area contributed by atoms with Crippen molar-refractivity contribution >= 4 is 38.9 Å². The fourth-order valence-corrected chi connectivity index (χ4v) is 5.42. The molecule has 2 heterocycles. The quantitative estimate of drug-likeness (QED) is 0.742. The first-order chi connectivity index (χ1) is 14.9. The van der Waals surface area contributed by atoms with E-state index in [1.165, 1.54) is 4.90 Å². The van der Waals surface area contributed by atoms with Gasteiger partial charge in [-0.1, -0.05) is 25.0 Å². The molecule has 2 aliphatic rings. The number of anilines is 3. The van der Waals surface area contributed by atoms with Gasteiger partial charge in [-0.3, -0.25) is 14.5 Å². The highest BCUT2D eigenvalue weighted by atomic mass is 32.2. The van der Waals surface area contributed by atoms with Gasteiger partial charge in [-0.25, -0.2) is 8.42 Å². The molecule has 0 bridgehead atoms. The van der Waals surface area contributed by atoms with Crippen LogP contribution in [0, 0.1) is 0 Å². The summed E-state index contributed by atoms with van der Waals surface area (Å²) in [6.07, 6.45) is 3.90. The minimum atomic E-state index is -3.50. The number of para-hydroxylation sites is 2. The zero-order chi connectivity index (χ0) is 21.8.